The Labute approximate surface area is 115 Å². The first-order valence-electron chi connectivity index (χ1n) is 6.59. The van der Waals surface area contributed by atoms with E-state index in [1.807, 2.05) is 19.1 Å². The van der Waals surface area contributed by atoms with Gasteiger partial charge in [0.05, 0.1) is 12.7 Å². The van der Waals surface area contributed by atoms with Crippen LogP contribution < -0.4 is 4.74 Å². The fourth-order valence-corrected chi connectivity index (χ4v) is 1.65. The lowest BCUT2D eigenvalue weighted by Gasteiger charge is -2.17. The summed E-state index contributed by atoms with van der Waals surface area (Å²) in [4.78, 5) is 12.1. The van der Waals surface area contributed by atoms with E-state index < -0.39 is 0 Å². The average molecular weight is 264 g/mol. The van der Waals surface area contributed by atoms with Crippen LogP contribution in [-0.2, 0) is 4.74 Å². The minimum atomic E-state index is -0.0363. The second-order valence-electron chi connectivity index (χ2n) is 5.99. The zero-order valence-electron chi connectivity index (χ0n) is 12.6. The standard InChI is InChI=1S/C16H24O3/c1-12-6-7-13(15(10-12)18-5)14(17)11-19-9-8-16(2,3)4/h6-7,10H,8-9,11H2,1-5H3. The highest BCUT2D eigenvalue weighted by Gasteiger charge is 2.14. The van der Waals surface area contributed by atoms with Gasteiger partial charge in [0.2, 0.25) is 0 Å². The molecule has 0 fully saturated rings. The lowest BCUT2D eigenvalue weighted by molar-refractivity contribution is 0.0702. The van der Waals surface area contributed by atoms with E-state index in [1.165, 1.54) is 0 Å². The first kappa shape index (κ1) is 15.7. The van der Waals surface area contributed by atoms with Crippen molar-refractivity contribution in [1.29, 1.82) is 0 Å². The molecular formula is C16H24O3. The number of ether oxygens (including phenoxy) is 2. The molecule has 0 radical (unpaired) electrons. The van der Waals surface area contributed by atoms with E-state index in [0.717, 1.165) is 12.0 Å². The summed E-state index contributed by atoms with van der Waals surface area (Å²) >= 11 is 0. The fraction of sp³-hybridized carbons (Fsp3) is 0.562. The van der Waals surface area contributed by atoms with Crippen molar-refractivity contribution >= 4 is 5.78 Å². The van der Waals surface area contributed by atoms with E-state index >= 15 is 0 Å². The second-order valence-corrected chi connectivity index (χ2v) is 5.99. The van der Waals surface area contributed by atoms with E-state index in [0.29, 0.717) is 17.9 Å². The van der Waals surface area contributed by atoms with Crippen LogP contribution in [0.1, 0.15) is 43.1 Å². The summed E-state index contributed by atoms with van der Waals surface area (Å²) in [5.74, 6) is 0.579. The largest absolute Gasteiger partial charge is 0.496 e. The summed E-state index contributed by atoms with van der Waals surface area (Å²) in [6.07, 6.45) is 0.936. The fourth-order valence-electron chi connectivity index (χ4n) is 1.65. The van der Waals surface area contributed by atoms with Crippen LogP contribution in [-0.4, -0.2) is 26.1 Å². The third kappa shape index (κ3) is 5.43. The number of hydrogen-bond donors (Lipinski definition) is 0. The molecule has 0 aromatic heterocycles. The highest BCUT2D eigenvalue weighted by molar-refractivity contribution is 5.99. The summed E-state index contributed by atoms with van der Waals surface area (Å²) in [5.41, 5.74) is 1.89. The number of aryl methyl sites for hydroxylation is 1. The van der Waals surface area contributed by atoms with E-state index in [2.05, 4.69) is 20.8 Å². The molecule has 0 atom stereocenters. The van der Waals surface area contributed by atoms with Crippen molar-refractivity contribution in [1.82, 2.24) is 0 Å². The van der Waals surface area contributed by atoms with Gasteiger partial charge in [-0.2, -0.15) is 0 Å². The van der Waals surface area contributed by atoms with Gasteiger partial charge in [0.25, 0.3) is 0 Å². The summed E-state index contributed by atoms with van der Waals surface area (Å²) in [6, 6.07) is 5.57. The molecule has 106 valence electrons. The second kappa shape index (κ2) is 6.71. The van der Waals surface area contributed by atoms with Gasteiger partial charge < -0.3 is 9.47 Å². The Kier molecular flexibility index (Phi) is 5.55. The van der Waals surface area contributed by atoms with E-state index in [1.54, 1.807) is 13.2 Å². The molecule has 0 unspecified atom stereocenters. The van der Waals surface area contributed by atoms with Crippen molar-refractivity contribution in [3.05, 3.63) is 29.3 Å². The van der Waals surface area contributed by atoms with Crippen LogP contribution >= 0.6 is 0 Å². The molecule has 3 nitrogen and oxygen atoms in total. The summed E-state index contributed by atoms with van der Waals surface area (Å²) in [7, 11) is 1.58. The molecule has 0 aliphatic carbocycles. The smallest absolute Gasteiger partial charge is 0.192 e. The third-order valence-corrected chi connectivity index (χ3v) is 2.89. The number of Topliss-reactive ketones (excluding diaryl/α,β-unsaturated/α-hetero) is 1. The number of carbonyl (C=O) groups excluding carboxylic acids is 1. The van der Waals surface area contributed by atoms with Gasteiger partial charge in [-0.05, 0) is 36.5 Å². The minimum Gasteiger partial charge on any atom is -0.496 e. The van der Waals surface area contributed by atoms with Crippen LogP contribution in [0.15, 0.2) is 18.2 Å². The first-order valence-corrected chi connectivity index (χ1v) is 6.59. The molecule has 0 amide bonds. The van der Waals surface area contributed by atoms with Gasteiger partial charge in [0.15, 0.2) is 5.78 Å². The van der Waals surface area contributed by atoms with Gasteiger partial charge >= 0.3 is 0 Å². The number of rotatable bonds is 6. The predicted octanol–water partition coefficient (Wildman–Crippen LogP) is 3.64. The van der Waals surface area contributed by atoms with Crippen LogP contribution in [0, 0.1) is 12.3 Å². The molecule has 0 N–H and O–H groups in total. The molecule has 0 saturated carbocycles. The molecule has 19 heavy (non-hydrogen) atoms. The Balaban J connectivity index is 2.54. The topological polar surface area (TPSA) is 35.5 Å². The Morgan fingerprint density at radius 1 is 1.26 bits per heavy atom. The van der Waals surface area contributed by atoms with Crippen LogP contribution in [0.25, 0.3) is 0 Å². The maximum absolute atomic E-state index is 12.1. The maximum atomic E-state index is 12.1. The molecule has 1 rings (SSSR count). The van der Waals surface area contributed by atoms with Gasteiger partial charge in [-0.25, -0.2) is 0 Å². The lowest BCUT2D eigenvalue weighted by Crippen LogP contribution is -2.14. The van der Waals surface area contributed by atoms with Crippen molar-refractivity contribution in [2.75, 3.05) is 20.3 Å². The summed E-state index contributed by atoms with van der Waals surface area (Å²) in [6.45, 7) is 9.14. The number of methoxy groups -OCH3 is 1. The van der Waals surface area contributed by atoms with Gasteiger partial charge in [-0.1, -0.05) is 26.8 Å². The van der Waals surface area contributed by atoms with Crippen molar-refractivity contribution in [3.8, 4) is 5.75 Å². The lowest BCUT2D eigenvalue weighted by atomic mass is 9.93. The molecule has 1 aromatic rings. The normalized spacial score (nSPS) is 11.4. The van der Waals surface area contributed by atoms with E-state index in [9.17, 15) is 4.79 Å². The molecule has 1 aromatic carbocycles. The molecule has 0 aliphatic rings. The summed E-state index contributed by atoms with van der Waals surface area (Å²) in [5, 5.41) is 0. The molecule has 0 bridgehead atoms. The number of carbonyl (C=O) groups is 1. The predicted molar refractivity (Wildman–Crippen MR) is 77.0 cm³/mol. The van der Waals surface area contributed by atoms with Crippen LogP contribution in [0.2, 0.25) is 0 Å². The quantitative estimate of drug-likeness (QED) is 0.581. The molecular weight excluding hydrogens is 240 g/mol. The van der Waals surface area contributed by atoms with Crippen molar-refractivity contribution in [3.63, 3.8) is 0 Å². The van der Waals surface area contributed by atoms with Gasteiger partial charge in [-0.15, -0.1) is 0 Å². The van der Waals surface area contributed by atoms with Crippen molar-refractivity contribution < 1.29 is 14.3 Å². The Morgan fingerprint density at radius 2 is 1.95 bits per heavy atom. The zero-order valence-corrected chi connectivity index (χ0v) is 12.6. The Bertz CT molecular complexity index is 430. The highest BCUT2D eigenvalue weighted by Crippen LogP contribution is 2.21. The maximum Gasteiger partial charge on any atom is 0.192 e. The van der Waals surface area contributed by atoms with Crippen molar-refractivity contribution in [2.24, 2.45) is 5.41 Å². The molecule has 0 aliphatic heterocycles. The highest BCUT2D eigenvalue weighted by atomic mass is 16.5. The number of hydrogen-bond acceptors (Lipinski definition) is 3. The third-order valence-electron chi connectivity index (χ3n) is 2.89. The van der Waals surface area contributed by atoms with Gasteiger partial charge in [0.1, 0.15) is 12.4 Å². The number of ketones is 1. The zero-order chi connectivity index (χ0) is 14.5. The summed E-state index contributed by atoms with van der Waals surface area (Å²) < 4.78 is 10.7. The van der Waals surface area contributed by atoms with Crippen molar-refractivity contribution in [2.45, 2.75) is 34.1 Å². The van der Waals surface area contributed by atoms with E-state index in [-0.39, 0.29) is 17.8 Å². The molecule has 0 saturated heterocycles. The Hall–Kier alpha value is -1.35. The average Bonchev–Trinajstić information content (AvgIpc) is 2.33. The van der Waals surface area contributed by atoms with E-state index in [4.69, 9.17) is 9.47 Å². The molecule has 3 heteroatoms. The first-order chi connectivity index (χ1) is 8.83. The van der Waals surface area contributed by atoms with Crippen LogP contribution in [0.4, 0.5) is 0 Å². The minimum absolute atomic E-state index is 0.0363. The molecule has 0 heterocycles. The Morgan fingerprint density at radius 3 is 2.53 bits per heavy atom. The van der Waals surface area contributed by atoms with Crippen LogP contribution in [0.3, 0.4) is 0 Å². The SMILES string of the molecule is COc1cc(C)ccc1C(=O)COCCC(C)(C)C. The monoisotopic (exact) mass is 264 g/mol. The number of benzene rings is 1. The van der Waals surface area contributed by atoms with Crippen LogP contribution in [0.5, 0.6) is 5.75 Å². The molecule has 0 spiro atoms. The van der Waals surface area contributed by atoms with Gasteiger partial charge in [-0.3, -0.25) is 4.79 Å². The van der Waals surface area contributed by atoms with Gasteiger partial charge in [0, 0.05) is 6.61 Å².